The number of fused-ring (bicyclic) bond motifs is 2. The van der Waals surface area contributed by atoms with E-state index in [0.29, 0.717) is 31.2 Å². The summed E-state index contributed by atoms with van der Waals surface area (Å²) in [7, 11) is 0. The molecular formula is C26H37N3O3. The molecule has 3 rings (SSSR count). The number of rotatable bonds is 6. The molecular weight excluding hydrogens is 402 g/mol. The Hall–Kier alpha value is -2.63. The highest BCUT2D eigenvalue weighted by Gasteiger charge is 2.46. The van der Waals surface area contributed by atoms with Crippen LogP contribution in [0.4, 0.5) is 4.79 Å². The van der Waals surface area contributed by atoms with Crippen molar-refractivity contribution in [3.05, 3.63) is 47.3 Å². The Morgan fingerprint density at radius 1 is 1.34 bits per heavy atom. The fraction of sp³-hybridized carbons (Fsp3) is 0.577. The number of nitrogens with two attached hydrogens (primary N) is 1. The van der Waals surface area contributed by atoms with Gasteiger partial charge in [0.05, 0.1) is 0 Å². The van der Waals surface area contributed by atoms with Crippen LogP contribution in [0.1, 0.15) is 81.3 Å². The lowest BCUT2D eigenvalue weighted by atomic mass is 9.73. The molecule has 1 atom stereocenters. The molecule has 2 aliphatic rings. The van der Waals surface area contributed by atoms with E-state index in [0.717, 1.165) is 37.7 Å². The lowest BCUT2D eigenvalue weighted by molar-refractivity contribution is 0.0165. The van der Waals surface area contributed by atoms with Crippen LogP contribution in [0.5, 0.6) is 0 Å². The monoisotopic (exact) mass is 439 g/mol. The molecule has 6 heteroatoms. The molecule has 32 heavy (non-hydrogen) atoms. The Labute approximate surface area is 191 Å². The lowest BCUT2D eigenvalue weighted by Gasteiger charge is -2.40. The van der Waals surface area contributed by atoms with Crippen molar-refractivity contribution in [1.29, 1.82) is 0 Å². The number of hydrogen-bond acceptors (Lipinski definition) is 5. The number of nitrogens with zero attached hydrogens (tertiary/aromatic N) is 2. The van der Waals surface area contributed by atoms with Crippen LogP contribution in [-0.4, -0.2) is 41.7 Å². The minimum Gasteiger partial charge on any atom is -0.444 e. The first kappa shape index (κ1) is 24.0. The van der Waals surface area contributed by atoms with E-state index in [2.05, 4.69) is 30.6 Å². The van der Waals surface area contributed by atoms with Gasteiger partial charge in [-0.25, -0.2) is 9.79 Å². The third-order valence-electron chi connectivity index (χ3n) is 6.46. The third kappa shape index (κ3) is 5.78. The largest absolute Gasteiger partial charge is 0.444 e. The van der Waals surface area contributed by atoms with E-state index in [-0.39, 0.29) is 17.3 Å². The first-order chi connectivity index (χ1) is 15.0. The minimum absolute atomic E-state index is 0.154. The number of ketones is 1. The van der Waals surface area contributed by atoms with Gasteiger partial charge in [0, 0.05) is 36.7 Å². The summed E-state index contributed by atoms with van der Waals surface area (Å²) in [5.41, 5.74) is 8.11. The first-order valence-corrected chi connectivity index (χ1v) is 11.6. The van der Waals surface area contributed by atoms with Crippen molar-refractivity contribution in [3.63, 3.8) is 0 Å². The molecule has 1 saturated heterocycles. The topological polar surface area (TPSA) is 85.0 Å². The molecule has 1 spiro atoms. The number of likely N-dealkylation sites (tertiary alicyclic amines) is 1. The number of carbonyl (C=O) groups is 2. The highest BCUT2D eigenvalue weighted by molar-refractivity contribution is 6.02. The number of ether oxygens (including phenoxy) is 1. The van der Waals surface area contributed by atoms with Gasteiger partial charge in [-0.3, -0.25) is 4.79 Å². The van der Waals surface area contributed by atoms with Gasteiger partial charge in [0.1, 0.15) is 11.4 Å². The number of piperidine rings is 1. The van der Waals surface area contributed by atoms with Gasteiger partial charge in [-0.1, -0.05) is 31.7 Å². The van der Waals surface area contributed by atoms with Crippen molar-refractivity contribution in [3.8, 4) is 0 Å². The summed E-state index contributed by atoms with van der Waals surface area (Å²) in [6.45, 7) is 12.7. The third-order valence-corrected chi connectivity index (χ3v) is 6.46. The summed E-state index contributed by atoms with van der Waals surface area (Å²) in [5, 5.41) is 0. The predicted molar refractivity (Wildman–Crippen MR) is 128 cm³/mol. The standard InChI is InChI=1S/C26H37N3O3/c1-18(7-6-12-28-19(2)27)15-20-8-9-21-22(16-20)26(17-23(21)30)10-13-29(14-11-26)24(31)32-25(3,4)5/h8-9,12,16,18H,2,6-7,10-11,13-15,17,27H2,1,3-5H3/t18-/m0/s1. The number of Topliss-reactive ketones (excluding diaryl/α,β-unsaturated/α-hetero) is 1. The van der Waals surface area contributed by atoms with Gasteiger partial charge in [0.15, 0.2) is 5.78 Å². The van der Waals surface area contributed by atoms with Crippen LogP contribution >= 0.6 is 0 Å². The highest BCUT2D eigenvalue weighted by atomic mass is 16.6. The second-order valence-corrected chi connectivity index (χ2v) is 10.4. The van der Waals surface area contributed by atoms with Gasteiger partial charge in [0.25, 0.3) is 0 Å². The van der Waals surface area contributed by atoms with Gasteiger partial charge in [0.2, 0.25) is 0 Å². The molecule has 1 fully saturated rings. The minimum atomic E-state index is -0.502. The van der Waals surface area contributed by atoms with Crippen molar-refractivity contribution >= 4 is 18.1 Å². The van der Waals surface area contributed by atoms with Crippen molar-refractivity contribution in [2.75, 3.05) is 13.1 Å². The number of aliphatic imine (C=N–C) groups is 1. The quantitative estimate of drug-likeness (QED) is 0.632. The second-order valence-electron chi connectivity index (χ2n) is 10.4. The van der Waals surface area contributed by atoms with Crippen molar-refractivity contribution in [2.24, 2.45) is 16.6 Å². The van der Waals surface area contributed by atoms with E-state index < -0.39 is 5.60 Å². The zero-order valence-electron chi connectivity index (χ0n) is 19.9. The van der Waals surface area contributed by atoms with E-state index in [1.807, 2.05) is 33.1 Å². The fourth-order valence-corrected chi connectivity index (χ4v) is 4.83. The molecule has 2 N–H and O–H groups in total. The smallest absolute Gasteiger partial charge is 0.410 e. The van der Waals surface area contributed by atoms with Crippen molar-refractivity contribution in [1.82, 2.24) is 4.90 Å². The Morgan fingerprint density at radius 3 is 2.66 bits per heavy atom. The second kappa shape index (κ2) is 9.47. The Bertz CT molecular complexity index is 905. The van der Waals surface area contributed by atoms with Crippen LogP contribution in [0.15, 0.2) is 35.6 Å². The van der Waals surface area contributed by atoms with Gasteiger partial charge in [-0.05, 0) is 69.9 Å². The summed E-state index contributed by atoms with van der Waals surface area (Å²) in [6, 6.07) is 6.35. The van der Waals surface area contributed by atoms with E-state index in [9.17, 15) is 9.59 Å². The molecule has 1 aliphatic carbocycles. The Morgan fingerprint density at radius 2 is 2.03 bits per heavy atom. The summed E-state index contributed by atoms with van der Waals surface area (Å²) < 4.78 is 5.53. The van der Waals surface area contributed by atoms with Crippen LogP contribution in [-0.2, 0) is 16.6 Å². The van der Waals surface area contributed by atoms with E-state index in [1.165, 1.54) is 11.1 Å². The van der Waals surface area contributed by atoms with Crippen molar-refractivity contribution < 1.29 is 14.3 Å². The van der Waals surface area contributed by atoms with Gasteiger partial charge >= 0.3 is 6.09 Å². The average Bonchev–Trinajstić information content (AvgIpc) is 2.95. The number of benzene rings is 1. The predicted octanol–water partition coefficient (Wildman–Crippen LogP) is 5.00. The molecule has 1 heterocycles. The molecule has 1 aliphatic heterocycles. The molecule has 0 bridgehead atoms. The maximum atomic E-state index is 12.8. The Balaban J connectivity index is 1.67. The number of amides is 1. The fourth-order valence-electron chi connectivity index (χ4n) is 4.83. The maximum Gasteiger partial charge on any atom is 0.410 e. The molecule has 0 saturated carbocycles. The lowest BCUT2D eigenvalue weighted by Crippen LogP contribution is -2.46. The molecule has 1 aromatic carbocycles. The summed E-state index contributed by atoms with van der Waals surface area (Å²) in [5.74, 6) is 1.06. The molecule has 174 valence electrons. The van der Waals surface area contributed by atoms with Gasteiger partial charge in [-0.15, -0.1) is 0 Å². The highest BCUT2D eigenvalue weighted by Crippen LogP contribution is 2.46. The first-order valence-electron chi connectivity index (χ1n) is 11.6. The molecule has 6 nitrogen and oxygen atoms in total. The van der Waals surface area contributed by atoms with Crippen LogP contribution in [0.2, 0.25) is 0 Å². The van der Waals surface area contributed by atoms with Crippen LogP contribution in [0.25, 0.3) is 0 Å². The molecule has 1 amide bonds. The molecule has 0 unspecified atom stereocenters. The van der Waals surface area contributed by atoms with Gasteiger partial charge in [-0.2, -0.15) is 0 Å². The zero-order valence-corrected chi connectivity index (χ0v) is 19.9. The zero-order chi connectivity index (χ0) is 23.5. The van der Waals surface area contributed by atoms with Gasteiger partial charge < -0.3 is 15.4 Å². The maximum absolute atomic E-state index is 12.8. The summed E-state index contributed by atoms with van der Waals surface area (Å²) in [6.07, 6.45) is 6.54. The SMILES string of the molecule is C=C(N)N=CCC[C@H](C)Cc1ccc2c(c1)C1(CCN(C(=O)OC(C)(C)C)CC1)CC2=O. The van der Waals surface area contributed by atoms with E-state index in [1.54, 1.807) is 4.90 Å². The van der Waals surface area contributed by atoms with Crippen LogP contribution in [0.3, 0.4) is 0 Å². The van der Waals surface area contributed by atoms with Crippen molar-refractivity contribution in [2.45, 2.75) is 77.2 Å². The van der Waals surface area contributed by atoms with Crippen LogP contribution in [0, 0.1) is 5.92 Å². The normalized spacial score (nSPS) is 18.8. The summed E-state index contributed by atoms with van der Waals surface area (Å²) >= 11 is 0. The summed E-state index contributed by atoms with van der Waals surface area (Å²) in [4.78, 5) is 31.0. The Kier molecular flexibility index (Phi) is 7.11. The molecule has 1 aromatic rings. The molecule has 0 radical (unpaired) electrons. The van der Waals surface area contributed by atoms with Crippen LogP contribution < -0.4 is 5.73 Å². The number of hydrogen-bond donors (Lipinski definition) is 1. The van der Waals surface area contributed by atoms with E-state index >= 15 is 0 Å². The van der Waals surface area contributed by atoms with E-state index in [4.69, 9.17) is 10.5 Å². The average molecular weight is 440 g/mol. The number of carbonyl (C=O) groups excluding carboxylic acids is 2. The molecule has 0 aromatic heterocycles.